The summed E-state index contributed by atoms with van der Waals surface area (Å²) in [6.45, 7) is 1.89. The molecule has 118 valence electrons. The zero-order chi connectivity index (χ0) is 15.7. The van der Waals surface area contributed by atoms with Crippen molar-refractivity contribution in [3.05, 3.63) is 11.8 Å². The minimum Gasteiger partial charge on any atom is -0.394 e. The first-order valence-corrected chi connectivity index (χ1v) is 6.85. The molecule has 1 saturated carbocycles. The quantitative estimate of drug-likeness (QED) is 0.798. The number of alkyl halides is 3. The minimum absolute atomic E-state index is 0.00187. The SMILES string of the molecule is CC1CCCC(CO)(Nc2cc(C(F)(F)F)nc(N)n2)C1. The van der Waals surface area contributed by atoms with Crippen LogP contribution in [0.2, 0.25) is 0 Å². The molecule has 2 rings (SSSR count). The highest BCUT2D eigenvalue weighted by molar-refractivity contribution is 5.44. The number of nitrogens with two attached hydrogens (primary N) is 1. The number of aliphatic hydroxyl groups is 1. The van der Waals surface area contributed by atoms with Crippen molar-refractivity contribution in [1.29, 1.82) is 0 Å². The van der Waals surface area contributed by atoms with Crippen LogP contribution in [0, 0.1) is 5.92 Å². The van der Waals surface area contributed by atoms with Gasteiger partial charge in [0.2, 0.25) is 5.95 Å². The summed E-state index contributed by atoms with van der Waals surface area (Å²) in [5, 5.41) is 12.6. The lowest BCUT2D eigenvalue weighted by atomic mass is 9.77. The summed E-state index contributed by atoms with van der Waals surface area (Å²) in [6.07, 6.45) is -1.28. The highest BCUT2D eigenvalue weighted by Crippen LogP contribution is 2.35. The van der Waals surface area contributed by atoms with Crippen molar-refractivity contribution >= 4 is 11.8 Å². The van der Waals surface area contributed by atoms with Gasteiger partial charge in [-0.3, -0.25) is 0 Å². The van der Waals surface area contributed by atoms with E-state index >= 15 is 0 Å². The van der Waals surface area contributed by atoms with Gasteiger partial charge in [0.05, 0.1) is 12.1 Å². The van der Waals surface area contributed by atoms with Crippen LogP contribution < -0.4 is 11.1 Å². The second kappa shape index (κ2) is 5.67. The van der Waals surface area contributed by atoms with Gasteiger partial charge in [-0.2, -0.15) is 18.2 Å². The van der Waals surface area contributed by atoms with Crippen molar-refractivity contribution in [3.8, 4) is 0 Å². The fourth-order valence-electron chi connectivity index (χ4n) is 2.90. The first-order chi connectivity index (χ1) is 9.74. The van der Waals surface area contributed by atoms with E-state index in [1.165, 1.54) is 0 Å². The minimum atomic E-state index is -4.58. The molecule has 0 amide bonds. The van der Waals surface area contributed by atoms with E-state index in [0.717, 1.165) is 18.9 Å². The number of hydrogen-bond donors (Lipinski definition) is 3. The summed E-state index contributed by atoms with van der Waals surface area (Å²) in [7, 11) is 0. The molecule has 5 nitrogen and oxygen atoms in total. The van der Waals surface area contributed by atoms with Gasteiger partial charge in [0.15, 0.2) is 5.69 Å². The predicted octanol–water partition coefficient (Wildman–Crippen LogP) is 2.43. The van der Waals surface area contributed by atoms with Crippen molar-refractivity contribution in [2.24, 2.45) is 5.92 Å². The molecule has 8 heteroatoms. The molecule has 0 radical (unpaired) electrons. The van der Waals surface area contributed by atoms with Crippen molar-refractivity contribution in [2.75, 3.05) is 17.7 Å². The van der Waals surface area contributed by atoms with Gasteiger partial charge in [-0.1, -0.05) is 19.8 Å². The lowest BCUT2D eigenvalue weighted by molar-refractivity contribution is -0.141. The van der Waals surface area contributed by atoms with Gasteiger partial charge in [0.25, 0.3) is 0 Å². The Morgan fingerprint density at radius 2 is 2.19 bits per heavy atom. The van der Waals surface area contributed by atoms with Crippen molar-refractivity contribution in [1.82, 2.24) is 9.97 Å². The van der Waals surface area contributed by atoms with Crippen LogP contribution in [0.1, 0.15) is 38.3 Å². The molecular weight excluding hydrogens is 285 g/mol. The third-order valence-corrected chi connectivity index (χ3v) is 3.82. The Balaban J connectivity index is 2.27. The molecule has 1 aliphatic carbocycles. The van der Waals surface area contributed by atoms with E-state index in [4.69, 9.17) is 5.73 Å². The maximum Gasteiger partial charge on any atom is 0.433 e. The zero-order valence-corrected chi connectivity index (χ0v) is 11.7. The Morgan fingerprint density at radius 3 is 2.76 bits per heavy atom. The van der Waals surface area contributed by atoms with E-state index in [0.29, 0.717) is 18.8 Å². The number of aliphatic hydroxyl groups excluding tert-OH is 1. The fourth-order valence-corrected chi connectivity index (χ4v) is 2.90. The van der Waals surface area contributed by atoms with Crippen LogP contribution in [-0.2, 0) is 6.18 Å². The molecule has 0 saturated heterocycles. The molecule has 1 fully saturated rings. The molecule has 2 unspecified atom stereocenters. The Morgan fingerprint density at radius 1 is 1.48 bits per heavy atom. The number of halogens is 3. The molecule has 4 N–H and O–H groups in total. The van der Waals surface area contributed by atoms with Crippen LogP contribution in [0.5, 0.6) is 0 Å². The molecule has 1 aromatic heterocycles. The number of hydrogen-bond acceptors (Lipinski definition) is 5. The van der Waals surface area contributed by atoms with Crippen LogP contribution in [0.3, 0.4) is 0 Å². The molecule has 1 heterocycles. The Labute approximate surface area is 120 Å². The third-order valence-electron chi connectivity index (χ3n) is 3.82. The van der Waals surface area contributed by atoms with Gasteiger partial charge in [-0.15, -0.1) is 0 Å². The number of nitrogens with one attached hydrogen (secondary N) is 1. The molecule has 0 aromatic carbocycles. The van der Waals surface area contributed by atoms with Crippen molar-refractivity contribution < 1.29 is 18.3 Å². The van der Waals surface area contributed by atoms with E-state index < -0.39 is 23.4 Å². The van der Waals surface area contributed by atoms with Gasteiger partial charge >= 0.3 is 6.18 Å². The Kier molecular flexibility index (Phi) is 4.27. The summed E-state index contributed by atoms with van der Waals surface area (Å²) >= 11 is 0. The van der Waals surface area contributed by atoms with Crippen LogP contribution in [0.25, 0.3) is 0 Å². The molecule has 21 heavy (non-hydrogen) atoms. The highest BCUT2D eigenvalue weighted by atomic mass is 19.4. The first-order valence-electron chi connectivity index (χ1n) is 6.85. The summed E-state index contributed by atoms with van der Waals surface area (Å²) in [4.78, 5) is 7.00. The topological polar surface area (TPSA) is 84.1 Å². The molecule has 1 aromatic rings. The van der Waals surface area contributed by atoms with E-state index in [1.54, 1.807) is 0 Å². The van der Waals surface area contributed by atoms with Gasteiger partial charge in [0.1, 0.15) is 5.82 Å². The number of nitrogen functional groups attached to an aromatic ring is 1. The smallest absolute Gasteiger partial charge is 0.394 e. The largest absolute Gasteiger partial charge is 0.433 e. The van der Waals surface area contributed by atoms with E-state index in [1.807, 2.05) is 0 Å². The summed E-state index contributed by atoms with van der Waals surface area (Å²) in [5.41, 5.74) is 3.61. The van der Waals surface area contributed by atoms with Crippen LogP contribution in [-0.4, -0.2) is 27.2 Å². The van der Waals surface area contributed by atoms with Gasteiger partial charge in [-0.05, 0) is 18.8 Å². The van der Waals surface area contributed by atoms with Gasteiger partial charge in [0, 0.05) is 6.07 Å². The van der Waals surface area contributed by atoms with Crippen LogP contribution >= 0.6 is 0 Å². The zero-order valence-electron chi connectivity index (χ0n) is 11.7. The van der Waals surface area contributed by atoms with E-state index in [-0.39, 0.29) is 12.4 Å². The van der Waals surface area contributed by atoms with E-state index in [2.05, 4.69) is 22.2 Å². The lowest BCUT2D eigenvalue weighted by Crippen LogP contribution is -2.46. The number of anilines is 2. The molecule has 2 atom stereocenters. The Bertz CT molecular complexity index is 509. The second-order valence-electron chi connectivity index (χ2n) is 5.76. The molecule has 0 bridgehead atoms. The van der Waals surface area contributed by atoms with Crippen molar-refractivity contribution in [3.63, 3.8) is 0 Å². The maximum absolute atomic E-state index is 12.7. The highest BCUT2D eigenvalue weighted by Gasteiger charge is 2.37. The first kappa shape index (κ1) is 15.8. The molecular formula is C13H19F3N4O. The van der Waals surface area contributed by atoms with E-state index in [9.17, 15) is 18.3 Å². The average molecular weight is 304 g/mol. The third kappa shape index (κ3) is 3.75. The number of nitrogens with zero attached hydrogens (tertiary/aromatic N) is 2. The Hall–Kier alpha value is -1.57. The fraction of sp³-hybridized carbons (Fsp3) is 0.692. The van der Waals surface area contributed by atoms with Crippen LogP contribution in [0.15, 0.2) is 6.07 Å². The molecule has 0 spiro atoms. The van der Waals surface area contributed by atoms with Crippen LogP contribution in [0.4, 0.5) is 24.9 Å². The molecule has 0 aliphatic heterocycles. The van der Waals surface area contributed by atoms with Gasteiger partial charge in [-0.25, -0.2) is 4.98 Å². The lowest BCUT2D eigenvalue weighted by Gasteiger charge is -2.39. The summed E-state index contributed by atoms with van der Waals surface area (Å²) < 4.78 is 38.2. The normalized spacial score (nSPS) is 26.6. The standard InChI is InChI=1S/C13H19F3N4O/c1-8-3-2-4-12(6-8,7-21)20-10-5-9(13(14,15)16)18-11(17)19-10/h5,8,21H,2-4,6-7H2,1H3,(H3,17,18,19,20). The monoisotopic (exact) mass is 304 g/mol. The number of rotatable bonds is 3. The predicted molar refractivity (Wildman–Crippen MR) is 72.5 cm³/mol. The van der Waals surface area contributed by atoms with Gasteiger partial charge < -0.3 is 16.2 Å². The van der Waals surface area contributed by atoms with Crippen molar-refractivity contribution in [2.45, 2.75) is 44.3 Å². The summed E-state index contributed by atoms with van der Waals surface area (Å²) in [6, 6.07) is 0.826. The average Bonchev–Trinajstić information content (AvgIpc) is 2.37. The number of aromatic nitrogens is 2. The maximum atomic E-state index is 12.7. The second-order valence-corrected chi connectivity index (χ2v) is 5.76. The molecule has 1 aliphatic rings. The summed E-state index contributed by atoms with van der Waals surface area (Å²) in [5.74, 6) is -0.0538.